The highest BCUT2D eigenvalue weighted by atomic mass is 32.2. The van der Waals surface area contributed by atoms with Gasteiger partial charge in [-0.3, -0.25) is 14.5 Å². The van der Waals surface area contributed by atoms with Crippen molar-refractivity contribution < 1.29 is 23.9 Å². The van der Waals surface area contributed by atoms with Crippen LogP contribution < -0.4 is 4.74 Å². The molecule has 2 aliphatic heterocycles. The summed E-state index contributed by atoms with van der Waals surface area (Å²) >= 11 is 1.41. The second-order valence-electron chi connectivity index (χ2n) is 6.40. The summed E-state index contributed by atoms with van der Waals surface area (Å²) in [6.07, 6.45) is 0.672. The van der Waals surface area contributed by atoms with Gasteiger partial charge in [-0.05, 0) is 38.0 Å². The van der Waals surface area contributed by atoms with E-state index in [-0.39, 0.29) is 17.8 Å². The number of carbonyl (C=O) groups is 3. The van der Waals surface area contributed by atoms with Crippen LogP contribution in [0.25, 0.3) is 0 Å². The molecule has 2 atom stereocenters. The van der Waals surface area contributed by atoms with Crippen LogP contribution in [0.3, 0.4) is 0 Å². The number of hydrogen-bond acceptors (Lipinski definition) is 7. The molecule has 0 aliphatic carbocycles. The second-order valence-corrected chi connectivity index (χ2v) is 7.57. The van der Waals surface area contributed by atoms with Gasteiger partial charge in [0.15, 0.2) is 5.17 Å². The smallest absolute Gasteiger partial charge is 0.338 e. The molecular weight excluding hydrogens is 380 g/mol. The zero-order valence-electron chi connectivity index (χ0n) is 16.2. The monoisotopic (exact) mass is 402 g/mol. The Morgan fingerprint density at radius 3 is 2.46 bits per heavy atom. The first-order chi connectivity index (χ1) is 13.4. The Morgan fingerprint density at radius 2 is 1.89 bits per heavy atom. The van der Waals surface area contributed by atoms with E-state index in [2.05, 4.69) is 4.99 Å². The lowest BCUT2D eigenvalue weighted by Gasteiger charge is -2.33. The third kappa shape index (κ3) is 3.69. The summed E-state index contributed by atoms with van der Waals surface area (Å²) in [5.74, 6) is -0.586. The first-order valence-corrected chi connectivity index (χ1v) is 10.00. The molecule has 2 aliphatic rings. The molecule has 1 fully saturated rings. The topological polar surface area (TPSA) is 85.3 Å². The highest BCUT2D eigenvalue weighted by Crippen LogP contribution is 2.44. The van der Waals surface area contributed by atoms with Crippen molar-refractivity contribution in [3.8, 4) is 5.75 Å². The maximum absolute atomic E-state index is 13.0. The van der Waals surface area contributed by atoms with Gasteiger partial charge in [0.1, 0.15) is 5.75 Å². The minimum atomic E-state index is -0.630. The fourth-order valence-electron chi connectivity index (χ4n) is 3.26. The van der Waals surface area contributed by atoms with E-state index >= 15 is 0 Å². The molecule has 3 rings (SSSR count). The average molecular weight is 402 g/mol. The second kappa shape index (κ2) is 8.18. The summed E-state index contributed by atoms with van der Waals surface area (Å²) in [6, 6.07) is 6.15. The molecule has 0 spiro atoms. The van der Waals surface area contributed by atoms with Crippen LogP contribution in [0.15, 0.2) is 40.5 Å². The largest absolute Gasteiger partial charge is 0.463 e. The van der Waals surface area contributed by atoms with Crippen molar-refractivity contribution >= 4 is 34.8 Å². The maximum atomic E-state index is 13.0. The van der Waals surface area contributed by atoms with Crippen molar-refractivity contribution in [1.82, 2.24) is 4.90 Å². The number of carbonyl (C=O) groups excluding carboxylic acids is 3. The van der Waals surface area contributed by atoms with Crippen molar-refractivity contribution in [3.05, 3.63) is 41.1 Å². The van der Waals surface area contributed by atoms with Gasteiger partial charge in [-0.25, -0.2) is 9.79 Å². The lowest BCUT2D eigenvalue weighted by molar-refractivity contribution is -0.139. The van der Waals surface area contributed by atoms with E-state index in [9.17, 15) is 14.4 Å². The summed E-state index contributed by atoms with van der Waals surface area (Å²) in [5.41, 5.74) is 1.60. The van der Waals surface area contributed by atoms with Gasteiger partial charge in [-0.2, -0.15) is 0 Å². The Hall–Kier alpha value is -2.61. The Bertz CT molecular complexity index is 875. The SMILES string of the molecule is CCOC(=O)C1=C(C)N=C2S[C@@H](CC)C(=O)N2[C@@H]1c1ccc(OC(C)=O)cc1. The summed E-state index contributed by atoms with van der Waals surface area (Å²) in [5, 5.41) is 0.368. The number of allylic oxidation sites excluding steroid dienone is 1. The van der Waals surface area contributed by atoms with Crippen LogP contribution >= 0.6 is 11.8 Å². The molecule has 1 aromatic carbocycles. The zero-order valence-corrected chi connectivity index (χ0v) is 17.0. The molecule has 0 aromatic heterocycles. The molecule has 28 heavy (non-hydrogen) atoms. The van der Waals surface area contributed by atoms with Crippen LogP contribution in [0, 0.1) is 0 Å². The Morgan fingerprint density at radius 1 is 1.21 bits per heavy atom. The van der Waals surface area contributed by atoms with Crippen molar-refractivity contribution in [2.75, 3.05) is 6.61 Å². The van der Waals surface area contributed by atoms with E-state index in [0.717, 1.165) is 5.56 Å². The third-order valence-electron chi connectivity index (χ3n) is 4.47. The summed E-state index contributed by atoms with van der Waals surface area (Å²) in [6.45, 7) is 6.99. The van der Waals surface area contributed by atoms with Crippen LogP contribution in [-0.2, 0) is 19.1 Å². The fraction of sp³-hybridized carbons (Fsp3) is 0.400. The highest BCUT2D eigenvalue weighted by Gasteiger charge is 2.47. The number of aliphatic imine (C=N–C) groups is 1. The molecular formula is C20H22N2O5S. The van der Waals surface area contributed by atoms with Gasteiger partial charge in [-0.15, -0.1) is 0 Å². The van der Waals surface area contributed by atoms with Crippen molar-refractivity contribution in [2.24, 2.45) is 4.99 Å². The van der Waals surface area contributed by atoms with E-state index in [1.165, 1.54) is 18.7 Å². The number of ether oxygens (including phenoxy) is 2. The van der Waals surface area contributed by atoms with E-state index in [0.29, 0.717) is 28.6 Å². The van der Waals surface area contributed by atoms with Crippen LogP contribution in [-0.4, -0.2) is 39.8 Å². The Labute approximate surface area is 167 Å². The molecule has 0 unspecified atom stereocenters. The van der Waals surface area contributed by atoms with E-state index in [4.69, 9.17) is 9.47 Å². The lowest BCUT2D eigenvalue weighted by Crippen LogP contribution is -2.40. The number of esters is 2. The summed E-state index contributed by atoms with van der Waals surface area (Å²) in [7, 11) is 0. The summed E-state index contributed by atoms with van der Waals surface area (Å²) < 4.78 is 10.3. The Kier molecular flexibility index (Phi) is 5.88. The van der Waals surface area contributed by atoms with E-state index in [1.54, 1.807) is 43.0 Å². The normalized spacial score (nSPS) is 21.4. The third-order valence-corrected chi connectivity index (χ3v) is 5.79. The molecule has 148 valence electrons. The molecule has 0 saturated carbocycles. The molecule has 0 N–H and O–H groups in total. The fourth-order valence-corrected chi connectivity index (χ4v) is 4.39. The number of nitrogens with zero attached hydrogens (tertiary/aromatic N) is 2. The van der Waals surface area contributed by atoms with Gasteiger partial charge in [0, 0.05) is 6.92 Å². The number of thioether (sulfide) groups is 1. The molecule has 1 saturated heterocycles. The highest BCUT2D eigenvalue weighted by molar-refractivity contribution is 8.15. The van der Waals surface area contributed by atoms with Gasteiger partial charge in [-0.1, -0.05) is 30.8 Å². The van der Waals surface area contributed by atoms with Crippen molar-refractivity contribution in [1.29, 1.82) is 0 Å². The molecule has 8 heteroatoms. The predicted molar refractivity (Wildman–Crippen MR) is 106 cm³/mol. The van der Waals surface area contributed by atoms with Gasteiger partial charge in [0.2, 0.25) is 5.91 Å². The maximum Gasteiger partial charge on any atom is 0.338 e. The first-order valence-electron chi connectivity index (χ1n) is 9.12. The summed E-state index contributed by atoms with van der Waals surface area (Å²) in [4.78, 5) is 42.9. The van der Waals surface area contributed by atoms with Gasteiger partial charge < -0.3 is 9.47 Å². The Balaban J connectivity index is 2.06. The van der Waals surface area contributed by atoms with Crippen LogP contribution in [0.4, 0.5) is 0 Å². The molecule has 0 bridgehead atoms. The van der Waals surface area contributed by atoms with E-state index < -0.39 is 18.0 Å². The number of benzene rings is 1. The first kappa shape index (κ1) is 20.1. The van der Waals surface area contributed by atoms with Gasteiger partial charge in [0.05, 0.1) is 29.2 Å². The number of hydrogen-bond donors (Lipinski definition) is 0. The van der Waals surface area contributed by atoms with Crippen molar-refractivity contribution in [2.45, 2.75) is 45.4 Å². The predicted octanol–water partition coefficient (Wildman–Crippen LogP) is 3.21. The van der Waals surface area contributed by atoms with E-state index in [1.807, 2.05) is 6.92 Å². The van der Waals surface area contributed by atoms with Crippen LogP contribution in [0.2, 0.25) is 0 Å². The number of fused-ring (bicyclic) bond motifs is 1. The minimum Gasteiger partial charge on any atom is -0.463 e. The number of amides is 1. The van der Waals surface area contributed by atoms with Crippen molar-refractivity contribution in [3.63, 3.8) is 0 Å². The average Bonchev–Trinajstić information content (AvgIpc) is 2.96. The standard InChI is InChI=1S/C20H22N2O5S/c1-5-15-18(24)22-17(13-7-9-14(10-8-13)27-12(4)23)16(19(25)26-6-2)11(3)21-20(22)28-15/h7-10,15,17H,5-6H2,1-4H3/t15-,17+/m0/s1. The number of amidine groups is 1. The van der Waals surface area contributed by atoms with Crippen LogP contribution in [0.5, 0.6) is 5.75 Å². The molecule has 0 radical (unpaired) electrons. The minimum absolute atomic E-state index is 0.0744. The molecule has 2 heterocycles. The zero-order chi connectivity index (χ0) is 20.4. The molecule has 7 nitrogen and oxygen atoms in total. The molecule has 1 amide bonds. The lowest BCUT2D eigenvalue weighted by atomic mass is 9.94. The van der Waals surface area contributed by atoms with Gasteiger partial charge in [0.25, 0.3) is 0 Å². The van der Waals surface area contributed by atoms with Crippen LogP contribution in [0.1, 0.15) is 45.7 Å². The van der Waals surface area contributed by atoms with Gasteiger partial charge >= 0.3 is 11.9 Å². The molecule has 1 aromatic rings. The quantitative estimate of drug-likeness (QED) is 0.555. The number of rotatable bonds is 5.